The fraction of sp³-hybridized carbons (Fsp3) is 0.0556. The standard InChI is InChI=1S/C18H13NS/c1-3-9-16-14(7-1)15-8-2-4-10-17(15)18(16)19-12-13-6-5-11-20-13/h1-11H,12H2. The fourth-order valence-electron chi connectivity index (χ4n) is 2.72. The first kappa shape index (κ1) is 11.6. The first-order chi connectivity index (χ1) is 9.93. The van der Waals surface area contributed by atoms with E-state index in [1.807, 2.05) is 0 Å². The molecule has 1 nitrogen and oxygen atoms in total. The number of rotatable bonds is 2. The van der Waals surface area contributed by atoms with Crippen molar-refractivity contribution in [3.63, 3.8) is 0 Å². The molecule has 2 aromatic carbocycles. The Morgan fingerprint density at radius 1 is 0.700 bits per heavy atom. The summed E-state index contributed by atoms with van der Waals surface area (Å²) in [7, 11) is 0. The van der Waals surface area contributed by atoms with Crippen LogP contribution < -0.4 is 0 Å². The molecule has 96 valence electrons. The van der Waals surface area contributed by atoms with Crippen molar-refractivity contribution in [2.75, 3.05) is 0 Å². The summed E-state index contributed by atoms with van der Waals surface area (Å²) in [5, 5.41) is 2.10. The van der Waals surface area contributed by atoms with Crippen LogP contribution in [0.15, 0.2) is 71.0 Å². The summed E-state index contributed by atoms with van der Waals surface area (Å²) in [6, 6.07) is 21.3. The number of thiophene rings is 1. The van der Waals surface area contributed by atoms with Crippen molar-refractivity contribution < 1.29 is 0 Å². The molecule has 0 amide bonds. The Labute approximate surface area is 122 Å². The van der Waals surface area contributed by atoms with Gasteiger partial charge in [0.1, 0.15) is 0 Å². The predicted molar refractivity (Wildman–Crippen MR) is 85.5 cm³/mol. The molecule has 0 saturated carbocycles. The van der Waals surface area contributed by atoms with E-state index >= 15 is 0 Å². The van der Waals surface area contributed by atoms with E-state index in [0.717, 1.165) is 12.3 Å². The largest absolute Gasteiger partial charge is 0.278 e. The van der Waals surface area contributed by atoms with Crippen LogP contribution in [-0.4, -0.2) is 5.71 Å². The molecule has 20 heavy (non-hydrogen) atoms. The minimum atomic E-state index is 0.760. The molecule has 2 heteroatoms. The zero-order valence-corrected chi connectivity index (χ0v) is 11.7. The van der Waals surface area contributed by atoms with Crippen LogP contribution in [0.2, 0.25) is 0 Å². The molecule has 0 fully saturated rings. The maximum atomic E-state index is 4.88. The summed E-state index contributed by atoms with van der Waals surface area (Å²) in [4.78, 5) is 6.18. The van der Waals surface area contributed by atoms with E-state index in [1.54, 1.807) is 11.3 Å². The highest BCUT2D eigenvalue weighted by Crippen LogP contribution is 2.36. The van der Waals surface area contributed by atoms with Gasteiger partial charge in [0.15, 0.2) is 0 Å². The zero-order valence-electron chi connectivity index (χ0n) is 10.9. The van der Waals surface area contributed by atoms with Crippen molar-refractivity contribution in [3.8, 4) is 11.1 Å². The molecule has 0 spiro atoms. The quantitative estimate of drug-likeness (QED) is 0.500. The molecule has 1 aliphatic carbocycles. The molecule has 4 rings (SSSR count). The molecule has 0 atom stereocenters. The van der Waals surface area contributed by atoms with Gasteiger partial charge in [-0.2, -0.15) is 0 Å². The van der Waals surface area contributed by atoms with Crippen molar-refractivity contribution in [3.05, 3.63) is 82.0 Å². The Kier molecular flexibility index (Phi) is 2.75. The molecule has 1 aliphatic rings. The van der Waals surface area contributed by atoms with Gasteiger partial charge in [0, 0.05) is 16.0 Å². The van der Waals surface area contributed by atoms with Crippen molar-refractivity contribution in [2.24, 2.45) is 4.99 Å². The number of benzene rings is 2. The minimum absolute atomic E-state index is 0.760. The lowest BCUT2D eigenvalue weighted by atomic mass is 10.1. The van der Waals surface area contributed by atoms with E-state index in [4.69, 9.17) is 4.99 Å². The number of hydrogen-bond donors (Lipinski definition) is 0. The molecule has 1 heterocycles. The van der Waals surface area contributed by atoms with E-state index in [1.165, 1.54) is 27.1 Å². The smallest absolute Gasteiger partial charge is 0.0740 e. The summed E-state index contributed by atoms with van der Waals surface area (Å²) in [5.74, 6) is 0. The van der Waals surface area contributed by atoms with Crippen LogP contribution in [0.25, 0.3) is 11.1 Å². The number of nitrogens with zero attached hydrogens (tertiary/aromatic N) is 1. The van der Waals surface area contributed by atoms with Gasteiger partial charge >= 0.3 is 0 Å². The molecule has 0 radical (unpaired) electrons. The fourth-order valence-corrected chi connectivity index (χ4v) is 3.35. The lowest BCUT2D eigenvalue weighted by Crippen LogP contribution is -1.98. The molecule has 0 bridgehead atoms. The second-order valence-corrected chi connectivity index (χ2v) is 5.87. The average Bonchev–Trinajstić information content (AvgIpc) is 3.11. The van der Waals surface area contributed by atoms with E-state index in [0.29, 0.717) is 0 Å². The number of hydrogen-bond acceptors (Lipinski definition) is 2. The van der Waals surface area contributed by atoms with Gasteiger partial charge in [-0.1, -0.05) is 54.6 Å². The van der Waals surface area contributed by atoms with E-state index in [2.05, 4.69) is 66.0 Å². The zero-order chi connectivity index (χ0) is 13.4. The van der Waals surface area contributed by atoms with Crippen LogP contribution in [0, 0.1) is 0 Å². The van der Waals surface area contributed by atoms with Crippen molar-refractivity contribution >= 4 is 17.0 Å². The van der Waals surface area contributed by atoms with Crippen LogP contribution >= 0.6 is 11.3 Å². The van der Waals surface area contributed by atoms with E-state index in [9.17, 15) is 0 Å². The highest BCUT2D eigenvalue weighted by atomic mass is 32.1. The monoisotopic (exact) mass is 275 g/mol. The molecule has 1 aromatic heterocycles. The SMILES string of the molecule is c1csc(CN=C2c3ccccc3-c3ccccc32)c1. The first-order valence-electron chi connectivity index (χ1n) is 6.69. The lowest BCUT2D eigenvalue weighted by molar-refractivity contribution is 1.10. The van der Waals surface area contributed by atoms with Gasteiger partial charge in [0.25, 0.3) is 0 Å². The predicted octanol–water partition coefficient (Wildman–Crippen LogP) is 4.77. The summed E-state index contributed by atoms with van der Waals surface area (Å²) >= 11 is 1.76. The highest BCUT2D eigenvalue weighted by molar-refractivity contribution is 7.09. The van der Waals surface area contributed by atoms with Gasteiger partial charge in [-0.15, -0.1) is 11.3 Å². The van der Waals surface area contributed by atoms with Crippen molar-refractivity contribution in [2.45, 2.75) is 6.54 Å². The third kappa shape index (κ3) is 1.81. The second kappa shape index (κ2) is 4.73. The van der Waals surface area contributed by atoms with Gasteiger partial charge in [-0.05, 0) is 22.6 Å². The van der Waals surface area contributed by atoms with Gasteiger partial charge in [0.05, 0.1) is 12.3 Å². The third-order valence-corrected chi connectivity index (χ3v) is 4.49. The molecule has 3 aromatic rings. The van der Waals surface area contributed by atoms with Crippen molar-refractivity contribution in [1.82, 2.24) is 0 Å². The van der Waals surface area contributed by atoms with Gasteiger partial charge in [-0.25, -0.2) is 0 Å². The van der Waals surface area contributed by atoms with Gasteiger partial charge < -0.3 is 0 Å². The molecule has 0 saturated heterocycles. The number of aliphatic imine (C=N–C) groups is 1. The molecule has 0 N–H and O–H groups in total. The summed E-state index contributed by atoms with van der Waals surface area (Å²) < 4.78 is 0. The molecule has 0 unspecified atom stereocenters. The Morgan fingerprint density at radius 2 is 1.30 bits per heavy atom. The third-order valence-electron chi connectivity index (χ3n) is 3.63. The topological polar surface area (TPSA) is 12.4 Å². The molecule has 0 aliphatic heterocycles. The number of fused-ring (bicyclic) bond motifs is 3. The highest BCUT2D eigenvalue weighted by Gasteiger charge is 2.23. The van der Waals surface area contributed by atoms with Crippen LogP contribution in [-0.2, 0) is 6.54 Å². The summed E-state index contributed by atoms with van der Waals surface area (Å²) in [6.45, 7) is 0.760. The summed E-state index contributed by atoms with van der Waals surface area (Å²) in [6.07, 6.45) is 0. The van der Waals surface area contributed by atoms with Gasteiger partial charge in [0.2, 0.25) is 0 Å². The second-order valence-electron chi connectivity index (χ2n) is 4.84. The van der Waals surface area contributed by atoms with Crippen LogP contribution in [0.4, 0.5) is 0 Å². The van der Waals surface area contributed by atoms with Crippen molar-refractivity contribution in [1.29, 1.82) is 0 Å². The van der Waals surface area contributed by atoms with E-state index < -0.39 is 0 Å². The normalized spacial score (nSPS) is 12.1. The minimum Gasteiger partial charge on any atom is -0.278 e. The molecular weight excluding hydrogens is 262 g/mol. The van der Waals surface area contributed by atoms with Gasteiger partial charge in [-0.3, -0.25) is 4.99 Å². The molecular formula is C18H13NS. The van der Waals surface area contributed by atoms with E-state index in [-0.39, 0.29) is 0 Å². The first-order valence-corrected chi connectivity index (χ1v) is 7.57. The maximum absolute atomic E-state index is 4.88. The average molecular weight is 275 g/mol. The van der Waals surface area contributed by atoms with Crippen LogP contribution in [0.3, 0.4) is 0 Å². The summed E-state index contributed by atoms with van der Waals surface area (Å²) in [5.41, 5.74) is 6.24. The maximum Gasteiger partial charge on any atom is 0.0740 e. The Balaban J connectivity index is 1.85. The Morgan fingerprint density at radius 3 is 1.85 bits per heavy atom. The van der Waals surface area contributed by atoms with Crippen LogP contribution in [0.1, 0.15) is 16.0 Å². The Bertz CT molecular complexity index is 737. The Hall–Kier alpha value is -2.19. The van der Waals surface area contributed by atoms with Crippen LogP contribution in [0.5, 0.6) is 0 Å². The lowest BCUT2D eigenvalue weighted by Gasteiger charge is -2.01.